The van der Waals surface area contributed by atoms with E-state index in [0.717, 1.165) is 29.7 Å². The molecule has 0 aliphatic carbocycles. The minimum absolute atomic E-state index is 0.0105. The highest BCUT2D eigenvalue weighted by Crippen LogP contribution is 2.19. The maximum Gasteiger partial charge on any atom is 0.260 e. The van der Waals surface area contributed by atoms with Gasteiger partial charge in [0.2, 0.25) is 0 Å². The molecule has 1 aliphatic rings. The fourth-order valence-electron chi connectivity index (χ4n) is 3.56. The normalized spacial score (nSPS) is 14.6. The lowest BCUT2D eigenvalue weighted by molar-refractivity contribution is -0.134. The third-order valence-corrected chi connectivity index (χ3v) is 5.25. The van der Waals surface area contributed by atoms with E-state index >= 15 is 0 Å². The molecule has 148 valence electrons. The topological polar surface area (TPSA) is 58.6 Å². The Morgan fingerprint density at radius 3 is 2.43 bits per heavy atom. The van der Waals surface area contributed by atoms with Crippen LogP contribution in [0.2, 0.25) is 0 Å². The molecule has 3 rings (SSSR count). The molecule has 5 nitrogen and oxygen atoms in total. The van der Waals surface area contributed by atoms with Crippen molar-refractivity contribution in [3.8, 4) is 5.75 Å². The van der Waals surface area contributed by atoms with Crippen molar-refractivity contribution in [2.75, 3.05) is 19.7 Å². The number of amides is 2. The van der Waals surface area contributed by atoms with E-state index in [0.29, 0.717) is 18.7 Å². The number of carbonyl (C=O) groups excluding carboxylic acids is 2. The number of nitrogens with one attached hydrogen (secondary N) is 1. The van der Waals surface area contributed by atoms with Crippen molar-refractivity contribution in [2.45, 2.75) is 39.7 Å². The highest BCUT2D eigenvalue weighted by Gasteiger charge is 2.24. The Morgan fingerprint density at radius 1 is 1.04 bits per heavy atom. The van der Waals surface area contributed by atoms with Crippen molar-refractivity contribution < 1.29 is 14.3 Å². The minimum atomic E-state index is -0.0407. The molecule has 0 spiro atoms. The van der Waals surface area contributed by atoms with Gasteiger partial charge in [-0.05, 0) is 56.9 Å². The van der Waals surface area contributed by atoms with Gasteiger partial charge in [0.15, 0.2) is 6.61 Å². The number of carbonyl (C=O) groups is 2. The monoisotopic (exact) mass is 380 g/mol. The summed E-state index contributed by atoms with van der Waals surface area (Å²) in [5.74, 6) is 0.698. The van der Waals surface area contributed by atoms with Gasteiger partial charge >= 0.3 is 0 Å². The predicted octanol–water partition coefficient (Wildman–Crippen LogP) is 3.41. The molecule has 1 N–H and O–H groups in total. The molecule has 1 heterocycles. The van der Waals surface area contributed by atoms with Crippen molar-refractivity contribution in [1.29, 1.82) is 0 Å². The van der Waals surface area contributed by atoms with Gasteiger partial charge in [0.05, 0.1) is 0 Å². The van der Waals surface area contributed by atoms with Crippen molar-refractivity contribution in [3.63, 3.8) is 0 Å². The third-order valence-electron chi connectivity index (χ3n) is 5.25. The Labute approximate surface area is 166 Å². The number of rotatable bonds is 5. The molecule has 2 amide bonds. The second-order valence-corrected chi connectivity index (χ2v) is 7.50. The van der Waals surface area contributed by atoms with Crippen LogP contribution in [-0.2, 0) is 4.79 Å². The van der Waals surface area contributed by atoms with Gasteiger partial charge in [-0.2, -0.15) is 0 Å². The van der Waals surface area contributed by atoms with Gasteiger partial charge < -0.3 is 15.0 Å². The molecule has 0 radical (unpaired) electrons. The van der Waals surface area contributed by atoms with Crippen LogP contribution < -0.4 is 10.1 Å². The number of aryl methyl sites for hydroxylation is 3. The molecule has 0 aromatic heterocycles. The molecule has 1 saturated heterocycles. The largest absolute Gasteiger partial charge is 0.484 e. The SMILES string of the molecule is Cc1ccc(OCC(=O)N2CCC(NC(=O)c3ccccc3C)CC2)c(C)c1. The third kappa shape index (κ3) is 4.91. The van der Waals surface area contributed by atoms with E-state index in [1.807, 2.05) is 68.1 Å². The molecule has 5 heteroatoms. The van der Waals surface area contributed by atoms with Crippen LogP contribution in [0.25, 0.3) is 0 Å². The lowest BCUT2D eigenvalue weighted by Gasteiger charge is -2.32. The van der Waals surface area contributed by atoms with Crippen LogP contribution in [0.5, 0.6) is 5.75 Å². The number of piperidine rings is 1. The molecule has 2 aromatic rings. The molecule has 2 aromatic carbocycles. The number of likely N-dealkylation sites (tertiary alicyclic amines) is 1. The summed E-state index contributed by atoms with van der Waals surface area (Å²) in [6, 6.07) is 13.6. The highest BCUT2D eigenvalue weighted by atomic mass is 16.5. The first-order chi connectivity index (χ1) is 13.4. The summed E-state index contributed by atoms with van der Waals surface area (Å²) in [6.07, 6.45) is 1.51. The fraction of sp³-hybridized carbons (Fsp3) is 0.391. The van der Waals surface area contributed by atoms with Gasteiger partial charge in [0.25, 0.3) is 11.8 Å². The first-order valence-electron chi connectivity index (χ1n) is 9.78. The number of ether oxygens (including phenoxy) is 1. The van der Waals surface area contributed by atoms with Gasteiger partial charge in [0, 0.05) is 24.7 Å². The van der Waals surface area contributed by atoms with Crippen LogP contribution in [0.3, 0.4) is 0 Å². The zero-order valence-corrected chi connectivity index (χ0v) is 16.8. The summed E-state index contributed by atoms with van der Waals surface area (Å²) < 4.78 is 5.71. The van der Waals surface area contributed by atoms with Gasteiger partial charge in [-0.15, -0.1) is 0 Å². The van der Waals surface area contributed by atoms with Crippen LogP contribution in [0.4, 0.5) is 0 Å². The second-order valence-electron chi connectivity index (χ2n) is 7.50. The molecule has 0 saturated carbocycles. The fourth-order valence-corrected chi connectivity index (χ4v) is 3.56. The van der Waals surface area contributed by atoms with E-state index in [1.165, 1.54) is 5.56 Å². The Bertz CT molecular complexity index is 855. The number of hydrogen-bond donors (Lipinski definition) is 1. The van der Waals surface area contributed by atoms with Gasteiger partial charge in [-0.1, -0.05) is 35.9 Å². The van der Waals surface area contributed by atoms with Crippen LogP contribution in [-0.4, -0.2) is 42.5 Å². The van der Waals surface area contributed by atoms with Gasteiger partial charge in [-0.3, -0.25) is 9.59 Å². The molecular weight excluding hydrogens is 352 g/mol. The standard InChI is InChI=1S/C23H28N2O3/c1-16-8-9-21(18(3)14-16)28-15-22(26)25-12-10-19(11-13-25)24-23(27)20-7-5-4-6-17(20)2/h4-9,14,19H,10-13,15H2,1-3H3,(H,24,27). The average Bonchev–Trinajstić information content (AvgIpc) is 2.68. The Morgan fingerprint density at radius 2 is 1.75 bits per heavy atom. The molecule has 0 atom stereocenters. The minimum Gasteiger partial charge on any atom is -0.484 e. The zero-order chi connectivity index (χ0) is 20.1. The van der Waals surface area contributed by atoms with Crippen molar-refractivity contribution in [1.82, 2.24) is 10.2 Å². The van der Waals surface area contributed by atoms with E-state index < -0.39 is 0 Å². The second kappa shape index (κ2) is 8.91. The molecule has 0 unspecified atom stereocenters. The summed E-state index contributed by atoms with van der Waals surface area (Å²) in [7, 11) is 0. The summed E-state index contributed by atoms with van der Waals surface area (Å²) in [5, 5.41) is 3.10. The van der Waals surface area contributed by atoms with Crippen LogP contribution >= 0.6 is 0 Å². The van der Waals surface area contributed by atoms with E-state index in [-0.39, 0.29) is 24.5 Å². The van der Waals surface area contributed by atoms with Crippen LogP contribution in [0.1, 0.15) is 39.9 Å². The predicted molar refractivity (Wildman–Crippen MR) is 110 cm³/mol. The quantitative estimate of drug-likeness (QED) is 0.865. The Balaban J connectivity index is 1.46. The Kier molecular flexibility index (Phi) is 6.34. The first kappa shape index (κ1) is 19.9. The molecule has 1 fully saturated rings. The van der Waals surface area contributed by atoms with Gasteiger partial charge in [0.1, 0.15) is 5.75 Å². The van der Waals surface area contributed by atoms with Crippen molar-refractivity contribution >= 4 is 11.8 Å². The molecule has 1 aliphatic heterocycles. The summed E-state index contributed by atoms with van der Waals surface area (Å²) in [4.78, 5) is 26.7. The maximum absolute atomic E-state index is 12.5. The summed E-state index contributed by atoms with van der Waals surface area (Å²) in [5.41, 5.74) is 3.88. The smallest absolute Gasteiger partial charge is 0.260 e. The average molecular weight is 380 g/mol. The van der Waals surface area contributed by atoms with Crippen molar-refractivity contribution in [2.24, 2.45) is 0 Å². The summed E-state index contributed by atoms with van der Waals surface area (Å²) in [6.45, 7) is 7.26. The lowest BCUT2D eigenvalue weighted by atomic mass is 10.0. The number of hydrogen-bond acceptors (Lipinski definition) is 3. The van der Waals surface area contributed by atoms with E-state index in [2.05, 4.69) is 5.32 Å². The van der Waals surface area contributed by atoms with Gasteiger partial charge in [-0.25, -0.2) is 0 Å². The maximum atomic E-state index is 12.5. The van der Waals surface area contributed by atoms with E-state index in [4.69, 9.17) is 4.74 Å². The highest BCUT2D eigenvalue weighted by molar-refractivity contribution is 5.95. The Hall–Kier alpha value is -2.82. The van der Waals surface area contributed by atoms with E-state index in [9.17, 15) is 9.59 Å². The summed E-state index contributed by atoms with van der Waals surface area (Å²) >= 11 is 0. The first-order valence-corrected chi connectivity index (χ1v) is 9.78. The number of benzene rings is 2. The molecular formula is C23H28N2O3. The van der Waals surface area contributed by atoms with Crippen molar-refractivity contribution in [3.05, 3.63) is 64.7 Å². The zero-order valence-electron chi connectivity index (χ0n) is 16.8. The lowest BCUT2D eigenvalue weighted by Crippen LogP contribution is -2.47. The number of nitrogens with zero attached hydrogens (tertiary/aromatic N) is 1. The van der Waals surface area contributed by atoms with Crippen LogP contribution in [0.15, 0.2) is 42.5 Å². The van der Waals surface area contributed by atoms with Crippen LogP contribution in [0, 0.1) is 20.8 Å². The molecule has 28 heavy (non-hydrogen) atoms. The van der Waals surface area contributed by atoms with E-state index in [1.54, 1.807) is 0 Å². The molecule has 0 bridgehead atoms.